The Hall–Kier alpha value is -2.56. The Labute approximate surface area is 194 Å². The van der Waals surface area contributed by atoms with Gasteiger partial charge in [-0.25, -0.2) is 0 Å². The molecule has 0 bridgehead atoms. The summed E-state index contributed by atoms with van der Waals surface area (Å²) >= 11 is 0. The van der Waals surface area contributed by atoms with Gasteiger partial charge in [-0.3, -0.25) is 29.5 Å². The Balaban J connectivity index is 2.01. The molecule has 1 heterocycles. The Kier molecular flexibility index (Phi) is 11.2. The number of likely N-dealkylation sites (N-methyl/N-ethyl adjacent to an activating group) is 1. The van der Waals surface area contributed by atoms with E-state index in [2.05, 4.69) is 9.80 Å². The number of benzene rings is 1. The number of nitro benzene ring substituents is 1. The number of aryl methyl sites for hydroxylation is 1. The third kappa shape index (κ3) is 10.3. The van der Waals surface area contributed by atoms with Crippen molar-refractivity contribution in [3.63, 3.8) is 0 Å². The molecule has 1 fully saturated rings. The summed E-state index contributed by atoms with van der Waals surface area (Å²) in [4.78, 5) is 39.2. The van der Waals surface area contributed by atoms with Crippen LogP contribution < -0.4 is 0 Å². The molecule has 0 spiro atoms. The van der Waals surface area contributed by atoms with E-state index in [9.17, 15) is 24.8 Å². The van der Waals surface area contributed by atoms with Gasteiger partial charge in [0.15, 0.2) is 0 Å². The van der Waals surface area contributed by atoms with Gasteiger partial charge >= 0.3 is 11.9 Å². The van der Waals surface area contributed by atoms with Crippen molar-refractivity contribution in [2.75, 3.05) is 52.9 Å². The average Bonchev–Trinajstić information content (AvgIpc) is 2.84. The number of aliphatic carboxylic acids is 2. The lowest BCUT2D eigenvalue weighted by Crippen LogP contribution is -2.43. The van der Waals surface area contributed by atoms with E-state index in [-0.39, 0.29) is 24.7 Å². The van der Waals surface area contributed by atoms with Crippen LogP contribution in [-0.4, -0.2) is 101 Å². The molecule has 10 nitrogen and oxygen atoms in total. The number of nitrogens with zero attached hydrogens (tertiary/aromatic N) is 4. The van der Waals surface area contributed by atoms with Gasteiger partial charge in [-0.15, -0.1) is 0 Å². The lowest BCUT2D eigenvalue weighted by Gasteiger charge is -2.33. The Morgan fingerprint density at radius 1 is 0.970 bits per heavy atom. The van der Waals surface area contributed by atoms with Crippen molar-refractivity contribution in [3.8, 4) is 0 Å². The van der Waals surface area contributed by atoms with Crippen LogP contribution in [0.4, 0.5) is 5.69 Å². The molecule has 2 rings (SSSR count). The lowest BCUT2D eigenvalue weighted by atomic mass is 9.99. The summed E-state index contributed by atoms with van der Waals surface area (Å²) in [6, 6.07) is 6.83. The first-order valence-electron chi connectivity index (χ1n) is 11.6. The average molecular weight is 465 g/mol. The first-order valence-corrected chi connectivity index (χ1v) is 11.6. The number of non-ortho nitro benzene ring substituents is 1. The highest BCUT2D eigenvalue weighted by Crippen LogP contribution is 2.19. The normalized spacial score (nSPS) is 17.6. The van der Waals surface area contributed by atoms with Gasteiger partial charge in [0.25, 0.3) is 5.69 Å². The van der Waals surface area contributed by atoms with Gasteiger partial charge in [-0.1, -0.05) is 12.1 Å². The standard InChI is InChI=1S/C23H36N4O6/c1-24-12-14-25(18-23(30)31)15-17-26(16-13-24)20(6-3-7-22(28)29)5-2-4-19-8-10-21(11-9-19)27(32)33/h8-11,20H,2-7,12-18H2,1H3,(H,28,29)(H,30,31). The van der Waals surface area contributed by atoms with Crippen LogP contribution in [0.5, 0.6) is 0 Å². The van der Waals surface area contributed by atoms with Crippen molar-refractivity contribution < 1.29 is 24.7 Å². The predicted octanol–water partition coefficient (Wildman–Crippen LogP) is 2.18. The number of hydrogen-bond acceptors (Lipinski definition) is 7. The maximum absolute atomic E-state index is 11.2. The topological polar surface area (TPSA) is 127 Å². The van der Waals surface area contributed by atoms with Crippen molar-refractivity contribution >= 4 is 17.6 Å². The summed E-state index contributed by atoms with van der Waals surface area (Å²) in [5.41, 5.74) is 1.12. The van der Waals surface area contributed by atoms with Crippen LogP contribution in [0.1, 0.15) is 37.7 Å². The fourth-order valence-corrected chi connectivity index (χ4v) is 4.26. The minimum absolute atomic E-state index is 0.0193. The molecule has 0 saturated carbocycles. The summed E-state index contributed by atoms with van der Waals surface area (Å²) < 4.78 is 0. The predicted molar refractivity (Wildman–Crippen MR) is 124 cm³/mol. The first-order chi connectivity index (χ1) is 15.7. The molecule has 10 heteroatoms. The zero-order chi connectivity index (χ0) is 24.2. The second kappa shape index (κ2) is 13.9. The van der Waals surface area contributed by atoms with Gasteiger partial charge in [0.05, 0.1) is 11.5 Å². The molecule has 2 N–H and O–H groups in total. The van der Waals surface area contributed by atoms with Gasteiger partial charge in [-0.05, 0) is 44.7 Å². The minimum atomic E-state index is -0.829. The molecular weight excluding hydrogens is 428 g/mol. The molecule has 33 heavy (non-hydrogen) atoms. The van der Waals surface area contributed by atoms with Crippen molar-refractivity contribution in [3.05, 3.63) is 39.9 Å². The van der Waals surface area contributed by atoms with Gasteiger partial charge < -0.3 is 15.1 Å². The fourth-order valence-electron chi connectivity index (χ4n) is 4.26. The molecule has 1 atom stereocenters. The number of carboxylic acid groups (broad SMARTS) is 2. The summed E-state index contributed by atoms with van der Waals surface area (Å²) in [5.74, 6) is -1.62. The second-order valence-corrected chi connectivity index (χ2v) is 8.76. The van der Waals surface area contributed by atoms with Crippen molar-refractivity contribution in [1.82, 2.24) is 14.7 Å². The minimum Gasteiger partial charge on any atom is -0.481 e. The highest BCUT2D eigenvalue weighted by molar-refractivity contribution is 5.69. The Morgan fingerprint density at radius 3 is 2.21 bits per heavy atom. The molecule has 1 saturated heterocycles. The van der Waals surface area contributed by atoms with Gasteiger partial charge in [-0.2, -0.15) is 0 Å². The van der Waals surface area contributed by atoms with E-state index in [0.29, 0.717) is 19.5 Å². The van der Waals surface area contributed by atoms with Gasteiger partial charge in [0, 0.05) is 63.9 Å². The summed E-state index contributed by atoms with van der Waals surface area (Å²) in [6.07, 6.45) is 4.09. The number of rotatable bonds is 12. The quantitative estimate of drug-likeness (QED) is 0.353. The van der Waals surface area contributed by atoms with Crippen LogP contribution in [0.3, 0.4) is 0 Å². The maximum Gasteiger partial charge on any atom is 0.317 e. The van der Waals surface area contributed by atoms with E-state index in [1.807, 2.05) is 11.9 Å². The molecule has 1 aromatic carbocycles. The zero-order valence-electron chi connectivity index (χ0n) is 19.4. The molecule has 184 valence electrons. The third-order valence-corrected chi connectivity index (χ3v) is 6.22. The van der Waals surface area contributed by atoms with Crippen LogP contribution in [-0.2, 0) is 16.0 Å². The molecule has 1 aliphatic heterocycles. The van der Waals surface area contributed by atoms with Crippen LogP contribution in [0.15, 0.2) is 24.3 Å². The lowest BCUT2D eigenvalue weighted by molar-refractivity contribution is -0.384. The van der Waals surface area contributed by atoms with E-state index >= 15 is 0 Å². The highest BCUT2D eigenvalue weighted by atomic mass is 16.6. The highest BCUT2D eigenvalue weighted by Gasteiger charge is 2.22. The van der Waals surface area contributed by atoms with Crippen LogP contribution in [0.25, 0.3) is 0 Å². The molecule has 1 aromatic rings. The molecule has 0 amide bonds. The zero-order valence-corrected chi connectivity index (χ0v) is 19.4. The second-order valence-electron chi connectivity index (χ2n) is 8.76. The summed E-state index contributed by atoms with van der Waals surface area (Å²) in [7, 11) is 2.04. The van der Waals surface area contributed by atoms with Crippen molar-refractivity contribution in [2.24, 2.45) is 0 Å². The molecule has 0 radical (unpaired) electrons. The number of nitro groups is 1. The van der Waals surface area contributed by atoms with Crippen LogP contribution in [0, 0.1) is 10.1 Å². The van der Waals surface area contributed by atoms with Gasteiger partial charge in [0.1, 0.15) is 0 Å². The summed E-state index contributed by atoms with van der Waals surface area (Å²) in [5, 5.41) is 29.1. The number of carbonyl (C=O) groups is 2. The summed E-state index contributed by atoms with van der Waals surface area (Å²) in [6.45, 7) is 4.68. The van der Waals surface area contributed by atoms with Gasteiger partial charge in [0.2, 0.25) is 0 Å². The largest absolute Gasteiger partial charge is 0.481 e. The number of carboxylic acids is 2. The molecule has 0 aromatic heterocycles. The molecular formula is C23H36N4O6. The fraction of sp³-hybridized carbons (Fsp3) is 0.652. The van der Waals surface area contributed by atoms with Crippen molar-refractivity contribution in [1.29, 1.82) is 0 Å². The van der Waals surface area contributed by atoms with Crippen molar-refractivity contribution in [2.45, 2.75) is 44.6 Å². The number of hydrogen-bond donors (Lipinski definition) is 2. The van der Waals surface area contributed by atoms with E-state index in [4.69, 9.17) is 5.11 Å². The van der Waals surface area contributed by atoms with Crippen LogP contribution >= 0.6 is 0 Å². The first kappa shape index (κ1) is 26.7. The van der Waals surface area contributed by atoms with E-state index in [0.717, 1.165) is 57.4 Å². The maximum atomic E-state index is 11.2. The van der Waals surface area contributed by atoms with E-state index in [1.54, 1.807) is 12.1 Å². The smallest absolute Gasteiger partial charge is 0.317 e. The van der Waals surface area contributed by atoms with E-state index in [1.165, 1.54) is 12.1 Å². The molecule has 1 unspecified atom stereocenters. The Morgan fingerprint density at radius 2 is 1.58 bits per heavy atom. The Bertz CT molecular complexity index is 773. The van der Waals surface area contributed by atoms with E-state index < -0.39 is 16.9 Å². The monoisotopic (exact) mass is 464 g/mol. The molecule has 1 aliphatic rings. The SMILES string of the molecule is CN1CCN(CC(=O)O)CCN(C(CCCC(=O)O)CCCc2ccc([N+](=O)[O-])cc2)CC1. The third-order valence-electron chi connectivity index (χ3n) is 6.22. The molecule has 0 aliphatic carbocycles. The van der Waals surface area contributed by atoms with Crippen LogP contribution in [0.2, 0.25) is 0 Å².